The fourth-order valence-electron chi connectivity index (χ4n) is 5.14. The number of benzene rings is 1. The van der Waals surface area contributed by atoms with Gasteiger partial charge in [0.1, 0.15) is 5.82 Å². The number of aromatic amines is 1. The van der Waals surface area contributed by atoms with Crippen LogP contribution in [0, 0.1) is 11.8 Å². The maximum Gasteiger partial charge on any atom is 0.416 e. The summed E-state index contributed by atoms with van der Waals surface area (Å²) in [5, 5.41) is 3.80. The lowest BCUT2D eigenvalue weighted by atomic mass is 9.83. The van der Waals surface area contributed by atoms with Crippen LogP contribution in [0.3, 0.4) is 0 Å². The lowest BCUT2D eigenvalue weighted by Gasteiger charge is -2.32. The fraction of sp³-hybridized carbons (Fsp3) is 0.625. The highest BCUT2D eigenvalue weighted by Gasteiger charge is 2.31. The number of hydrogen-bond donors (Lipinski definition) is 2. The normalized spacial score (nSPS) is 20.4. The van der Waals surface area contributed by atoms with E-state index in [0.29, 0.717) is 17.2 Å². The van der Waals surface area contributed by atoms with Gasteiger partial charge in [0.15, 0.2) is 0 Å². The van der Waals surface area contributed by atoms with E-state index in [9.17, 15) is 13.2 Å². The van der Waals surface area contributed by atoms with E-state index in [4.69, 9.17) is 0 Å². The monoisotopic (exact) mass is 419 g/mol. The Morgan fingerprint density at radius 3 is 2.40 bits per heavy atom. The van der Waals surface area contributed by atoms with Gasteiger partial charge in [0.2, 0.25) is 0 Å². The third-order valence-corrected chi connectivity index (χ3v) is 6.86. The average Bonchev–Trinajstić information content (AvgIpc) is 3.25. The van der Waals surface area contributed by atoms with E-state index in [1.165, 1.54) is 76.3 Å². The van der Waals surface area contributed by atoms with Gasteiger partial charge < -0.3 is 10.3 Å². The summed E-state index contributed by atoms with van der Waals surface area (Å²) in [6.07, 6.45) is 10.1. The fourth-order valence-corrected chi connectivity index (χ4v) is 5.14. The van der Waals surface area contributed by atoms with E-state index in [2.05, 4.69) is 15.3 Å². The topological polar surface area (TPSA) is 40.7 Å². The van der Waals surface area contributed by atoms with Gasteiger partial charge in [0, 0.05) is 5.56 Å². The number of nitrogens with one attached hydrogen (secondary N) is 2. The van der Waals surface area contributed by atoms with Crippen LogP contribution >= 0.6 is 0 Å². The van der Waals surface area contributed by atoms with Gasteiger partial charge in [-0.2, -0.15) is 13.2 Å². The number of hydrogen-bond acceptors (Lipinski definition) is 2. The Kier molecular flexibility index (Phi) is 6.81. The summed E-state index contributed by atoms with van der Waals surface area (Å²) in [6.45, 7) is 1.00. The van der Waals surface area contributed by atoms with Gasteiger partial charge in [-0.25, -0.2) is 4.98 Å². The van der Waals surface area contributed by atoms with Crippen molar-refractivity contribution < 1.29 is 13.2 Å². The molecule has 2 aliphatic carbocycles. The van der Waals surface area contributed by atoms with E-state index in [1.807, 2.05) is 0 Å². The second-order valence-corrected chi connectivity index (χ2v) is 9.05. The van der Waals surface area contributed by atoms with Crippen LogP contribution in [0.2, 0.25) is 0 Å². The molecule has 0 aliphatic heterocycles. The first kappa shape index (κ1) is 21.4. The first-order valence-electron chi connectivity index (χ1n) is 11.5. The minimum absolute atomic E-state index is 0.145. The van der Waals surface area contributed by atoms with Crippen LogP contribution in [0.4, 0.5) is 13.2 Å². The van der Waals surface area contributed by atoms with Crippen molar-refractivity contribution in [3.05, 3.63) is 41.9 Å². The molecule has 2 fully saturated rings. The molecule has 1 aromatic heterocycles. The number of imidazole rings is 1. The van der Waals surface area contributed by atoms with Crippen molar-refractivity contribution in [2.24, 2.45) is 11.8 Å². The number of aromatic nitrogens is 2. The standard InChI is InChI=1S/C24H32F3N3/c25-24(26,27)20-13-7-12-19(14-20)21-16-29-23(30-21)22(18-10-5-2-6-11-18)28-15-17-8-3-1-4-9-17/h7,12-14,16-18,22,28H,1-6,8-11,15H2,(H,29,30). The number of H-pyrrole nitrogens is 1. The maximum atomic E-state index is 13.1. The third-order valence-electron chi connectivity index (χ3n) is 6.86. The van der Waals surface area contributed by atoms with Gasteiger partial charge in [-0.05, 0) is 56.2 Å². The summed E-state index contributed by atoms with van der Waals surface area (Å²) in [5.74, 6) is 2.12. The molecule has 2 saturated carbocycles. The van der Waals surface area contributed by atoms with E-state index in [0.717, 1.165) is 24.4 Å². The van der Waals surface area contributed by atoms with Crippen LogP contribution in [0.5, 0.6) is 0 Å². The predicted octanol–water partition coefficient (Wildman–Crippen LogP) is 6.89. The molecule has 4 rings (SSSR count). The molecule has 0 saturated heterocycles. The van der Waals surface area contributed by atoms with Crippen molar-refractivity contribution in [2.45, 2.75) is 76.4 Å². The number of rotatable bonds is 6. The molecule has 2 aliphatic rings. The van der Waals surface area contributed by atoms with E-state index in [1.54, 1.807) is 12.3 Å². The third kappa shape index (κ3) is 5.26. The summed E-state index contributed by atoms with van der Waals surface area (Å²) in [5.41, 5.74) is 0.546. The molecule has 2 aromatic rings. The molecule has 1 aromatic carbocycles. The average molecular weight is 420 g/mol. The molecule has 164 valence electrons. The van der Waals surface area contributed by atoms with Crippen molar-refractivity contribution in [3.8, 4) is 11.3 Å². The largest absolute Gasteiger partial charge is 0.416 e. The van der Waals surface area contributed by atoms with Gasteiger partial charge in [-0.1, -0.05) is 50.7 Å². The van der Waals surface area contributed by atoms with Crippen LogP contribution in [0.1, 0.15) is 81.6 Å². The van der Waals surface area contributed by atoms with Crippen molar-refractivity contribution in [2.75, 3.05) is 6.54 Å². The SMILES string of the molecule is FC(F)(F)c1cccc(-c2cnc(C(NCC3CCCCC3)C3CCCCC3)[nH]2)c1. The molecular formula is C24H32F3N3. The Morgan fingerprint density at radius 2 is 1.70 bits per heavy atom. The number of halogens is 3. The first-order chi connectivity index (χ1) is 14.5. The van der Waals surface area contributed by atoms with Gasteiger partial charge in [-0.15, -0.1) is 0 Å². The highest BCUT2D eigenvalue weighted by atomic mass is 19.4. The minimum atomic E-state index is -4.34. The molecule has 0 amide bonds. The summed E-state index contributed by atoms with van der Waals surface area (Å²) < 4.78 is 39.3. The Balaban J connectivity index is 1.53. The van der Waals surface area contributed by atoms with E-state index >= 15 is 0 Å². The number of alkyl halides is 3. The Labute approximate surface area is 176 Å². The van der Waals surface area contributed by atoms with Crippen LogP contribution in [-0.4, -0.2) is 16.5 Å². The van der Waals surface area contributed by atoms with Crippen molar-refractivity contribution in [1.82, 2.24) is 15.3 Å². The van der Waals surface area contributed by atoms with E-state index < -0.39 is 11.7 Å². The molecule has 1 unspecified atom stereocenters. The summed E-state index contributed by atoms with van der Waals surface area (Å²) >= 11 is 0. The molecule has 1 heterocycles. The molecule has 2 N–H and O–H groups in total. The van der Waals surface area contributed by atoms with Crippen LogP contribution in [-0.2, 0) is 6.18 Å². The van der Waals surface area contributed by atoms with Crippen molar-refractivity contribution in [1.29, 1.82) is 0 Å². The van der Waals surface area contributed by atoms with Crippen LogP contribution in [0.15, 0.2) is 30.5 Å². The maximum absolute atomic E-state index is 13.1. The van der Waals surface area contributed by atoms with Crippen LogP contribution < -0.4 is 5.32 Å². The first-order valence-corrected chi connectivity index (χ1v) is 11.5. The second kappa shape index (κ2) is 9.54. The molecule has 3 nitrogen and oxygen atoms in total. The summed E-state index contributed by atoms with van der Waals surface area (Å²) in [7, 11) is 0. The molecule has 0 radical (unpaired) electrons. The Hall–Kier alpha value is -1.82. The van der Waals surface area contributed by atoms with Gasteiger partial charge in [0.05, 0.1) is 23.5 Å². The lowest BCUT2D eigenvalue weighted by molar-refractivity contribution is -0.137. The predicted molar refractivity (Wildman–Crippen MR) is 113 cm³/mol. The van der Waals surface area contributed by atoms with Gasteiger partial charge in [-0.3, -0.25) is 0 Å². The summed E-state index contributed by atoms with van der Waals surface area (Å²) in [4.78, 5) is 7.98. The quantitative estimate of drug-likeness (QED) is 0.535. The number of nitrogens with zero attached hydrogens (tertiary/aromatic N) is 1. The highest BCUT2D eigenvalue weighted by molar-refractivity contribution is 5.59. The molecule has 6 heteroatoms. The van der Waals surface area contributed by atoms with Gasteiger partial charge >= 0.3 is 6.18 Å². The zero-order valence-electron chi connectivity index (χ0n) is 17.5. The minimum Gasteiger partial charge on any atom is -0.341 e. The molecular weight excluding hydrogens is 387 g/mol. The zero-order chi connectivity index (χ0) is 21.0. The van der Waals surface area contributed by atoms with Crippen molar-refractivity contribution in [3.63, 3.8) is 0 Å². The zero-order valence-corrected chi connectivity index (χ0v) is 17.5. The molecule has 1 atom stereocenters. The smallest absolute Gasteiger partial charge is 0.341 e. The van der Waals surface area contributed by atoms with Crippen LogP contribution in [0.25, 0.3) is 11.3 Å². The van der Waals surface area contributed by atoms with Crippen molar-refractivity contribution >= 4 is 0 Å². The summed E-state index contributed by atoms with van der Waals surface area (Å²) in [6, 6.07) is 5.61. The molecule has 0 spiro atoms. The Bertz CT molecular complexity index is 802. The lowest BCUT2D eigenvalue weighted by Crippen LogP contribution is -2.34. The molecule has 0 bridgehead atoms. The second-order valence-electron chi connectivity index (χ2n) is 9.05. The van der Waals surface area contributed by atoms with Gasteiger partial charge in [0.25, 0.3) is 0 Å². The highest BCUT2D eigenvalue weighted by Crippen LogP contribution is 2.36. The van der Waals surface area contributed by atoms with E-state index in [-0.39, 0.29) is 6.04 Å². The molecule has 30 heavy (non-hydrogen) atoms. The Morgan fingerprint density at radius 1 is 1.00 bits per heavy atom.